The number of hydrogen-bond donors (Lipinski definition) is 1. The van der Waals surface area contributed by atoms with Crippen molar-refractivity contribution in [3.8, 4) is 0 Å². The SMILES string of the molecule is Cc1ccccc1CNc1cc(Br)ccc1C. The molecule has 0 spiro atoms. The quantitative estimate of drug-likeness (QED) is 0.865. The van der Waals surface area contributed by atoms with Crippen LogP contribution in [0.15, 0.2) is 46.9 Å². The van der Waals surface area contributed by atoms with Crippen LogP contribution < -0.4 is 5.32 Å². The number of nitrogens with one attached hydrogen (secondary N) is 1. The van der Waals surface area contributed by atoms with Gasteiger partial charge in [0.05, 0.1) is 0 Å². The maximum absolute atomic E-state index is 3.50. The number of rotatable bonds is 3. The molecule has 0 aromatic heterocycles. The second kappa shape index (κ2) is 5.37. The van der Waals surface area contributed by atoms with Gasteiger partial charge in [-0.25, -0.2) is 0 Å². The molecular formula is C15H16BrN. The van der Waals surface area contributed by atoms with Crippen molar-refractivity contribution in [1.82, 2.24) is 0 Å². The summed E-state index contributed by atoms with van der Waals surface area (Å²) in [6, 6.07) is 14.8. The van der Waals surface area contributed by atoms with Crippen LogP contribution in [-0.2, 0) is 6.54 Å². The summed E-state index contributed by atoms with van der Waals surface area (Å²) in [7, 11) is 0. The predicted molar refractivity (Wildman–Crippen MR) is 77.4 cm³/mol. The maximum Gasteiger partial charge on any atom is 0.0403 e. The Balaban J connectivity index is 2.12. The first-order valence-electron chi connectivity index (χ1n) is 5.71. The van der Waals surface area contributed by atoms with Gasteiger partial charge in [-0.3, -0.25) is 0 Å². The molecule has 0 saturated heterocycles. The molecular weight excluding hydrogens is 274 g/mol. The molecule has 1 N–H and O–H groups in total. The Morgan fingerprint density at radius 2 is 1.76 bits per heavy atom. The molecule has 2 aromatic carbocycles. The van der Waals surface area contributed by atoms with E-state index in [2.05, 4.69) is 77.6 Å². The molecule has 0 fully saturated rings. The zero-order chi connectivity index (χ0) is 12.3. The highest BCUT2D eigenvalue weighted by Gasteiger charge is 2.00. The molecule has 0 bridgehead atoms. The third-order valence-corrected chi connectivity index (χ3v) is 3.42. The number of aryl methyl sites for hydroxylation is 2. The van der Waals surface area contributed by atoms with Crippen LogP contribution >= 0.6 is 15.9 Å². The molecule has 1 nitrogen and oxygen atoms in total. The molecule has 0 heterocycles. The standard InChI is InChI=1S/C15H16BrN/c1-11-5-3-4-6-13(11)10-17-15-9-14(16)8-7-12(15)2/h3-9,17H,10H2,1-2H3. The lowest BCUT2D eigenvalue weighted by atomic mass is 10.1. The first-order valence-corrected chi connectivity index (χ1v) is 6.50. The van der Waals surface area contributed by atoms with E-state index >= 15 is 0 Å². The fourth-order valence-corrected chi connectivity index (χ4v) is 2.14. The largest absolute Gasteiger partial charge is 0.381 e. The van der Waals surface area contributed by atoms with Crippen molar-refractivity contribution >= 4 is 21.6 Å². The van der Waals surface area contributed by atoms with Crippen LogP contribution in [-0.4, -0.2) is 0 Å². The van der Waals surface area contributed by atoms with Gasteiger partial charge in [-0.15, -0.1) is 0 Å². The number of anilines is 1. The molecule has 0 aliphatic rings. The van der Waals surface area contributed by atoms with Crippen molar-refractivity contribution < 1.29 is 0 Å². The summed E-state index contributed by atoms with van der Waals surface area (Å²) >= 11 is 3.50. The van der Waals surface area contributed by atoms with Crippen LogP contribution in [0.2, 0.25) is 0 Å². The van der Waals surface area contributed by atoms with E-state index in [0.717, 1.165) is 11.0 Å². The predicted octanol–water partition coefficient (Wildman–Crippen LogP) is 4.68. The van der Waals surface area contributed by atoms with Crippen molar-refractivity contribution in [3.05, 3.63) is 63.6 Å². The van der Waals surface area contributed by atoms with E-state index in [1.54, 1.807) is 0 Å². The van der Waals surface area contributed by atoms with Gasteiger partial charge in [0, 0.05) is 16.7 Å². The van der Waals surface area contributed by atoms with Gasteiger partial charge in [0.1, 0.15) is 0 Å². The summed E-state index contributed by atoms with van der Waals surface area (Å²) in [6.07, 6.45) is 0. The van der Waals surface area contributed by atoms with E-state index in [-0.39, 0.29) is 0 Å². The molecule has 0 amide bonds. The highest BCUT2D eigenvalue weighted by molar-refractivity contribution is 9.10. The zero-order valence-corrected chi connectivity index (χ0v) is 11.7. The molecule has 0 saturated carbocycles. The summed E-state index contributed by atoms with van der Waals surface area (Å²) in [4.78, 5) is 0. The van der Waals surface area contributed by atoms with Gasteiger partial charge in [0.2, 0.25) is 0 Å². The molecule has 0 atom stereocenters. The van der Waals surface area contributed by atoms with Crippen LogP contribution in [0.5, 0.6) is 0 Å². The fourth-order valence-electron chi connectivity index (χ4n) is 1.78. The molecule has 88 valence electrons. The number of hydrogen-bond acceptors (Lipinski definition) is 1. The maximum atomic E-state index is 3.50. The lowest BCUT2D eigenvalue weighted by Crippen LogP contribution is -2.02. The Labute approximate surface area is 111 Å². The van der Waals surface area contributed by atoms with E-state index in [1.165, 1.54) is 22.4 Å². The molecule has 0 aliphatic carbocycles. The van der Waals surface area contributed by atoms with Crippen LogP contribution in [0, 0.1) is 13.8 Å². The normalized spacial score (nSPS) is 10.3. The van der Waals surface area contributed by atoms with Crippen molar-refractivity contribution in [2.75, 3.05) is 5.32 Å². The smallest absolute Gasteiger partial charge is 0.0403 e. The van der Waals surface area contributed by atoms with E-state index in [0.29, 0.717) is 0 Å². The highest BCUT2D eigenvalue weighted by atomic mass is 79.9. The molecule has 0 unspecified atom stereocenters. The summed E-state index contributed by atoms with van der Waals surface area (Å²) in [5.41, 5.74) is 5.11. The Morgan fingerprint density at radius 3 is 2.53 bits per heavy atom. The zero-order valence-electron chi connectivity index (χ0n) is 10.1. The lowest BCUT2D eigenvalue weighted by Gasteiger charge is -2.11. The van der Waals surface area contributed by atoms with Gasteiger partial charge < -0.3 is 5.32 Å². The minimum atomic E-state index is 0.865. The van der Waals surface area contributed by atoms with Crippen molar-refractivity contribution in [2.24, 2.45) is 0 Å². The van der Waals surface area contributed by atoms with E-state index in [9.17, 15) is 0 Å². The summed E-state index contributed by atoms with van der Waals surface area (Å²) in [5, 5.41) is 3.48. The van der Waals surface area contributed by atoms with Crippen molar-refractivity contribution in [1.29, 1.82) is 0 Å². The first-order chi connectivity index (χ1) is 8.16. The number of benzene rings is 2. The summed E-state index contributed by atoms with van der Waals surface area (Å²) in [5.74, 6) is 0. The van der Waals surface area contributed by atoms with Gasteiger partial charge in [-0.1, -0.05) is 46.3 Å². The molecule has 0 radical (unpaired) electrons. The Hall–Kier alpha value is -1.28. The van der Waals surface area contributed by atoms with E-state index in [1.807, 2.05) is 0 Å². The molecule has 0 aliphatic heterocycles. The molecule has 2 heteroatoms. The third kappa shape index (κ3) is 3.10. The topological polar surface area (TPSA) is 12.0 Å². The minimum Gasteiger partial charge on any atom is -0.381 e. The summed E-state index contributed by atoms with van der Waals surface area (Å²) < 4.78 is 1.11. The van der Waals surface area contributed by atoms with Gasteiger partial charge in [-0.2, -0.15) is 0 Å². The molecule has 2 aromatic rings. The van der Waals surface area contributed by atoms with Crippen molar-refractivity contribution in [3.63, 3.8) is 0 Å². The average molecular weight is 290 g/mol. The van der Waals surface area contributed by atoms with Gasteiger partial charge in [-0.05, 0) is 42.7 Å². The van der Waals surface area contributed by atoms with Crippen molar-refractivity contribution in [2.45, 2.75) is 20.4 Å². The fraction of sp³-hybridized carbons (Fsp3) is 0.200. The Morgan fingerprint density at radius 1 is 1.00 bits per heavy atom. The minimum absolute atomic E-state index is 0.865. The second-order valence-corrected chi connectivity index (χ2v) is 5.15. The molecule has 2 rings (SSSR count). The van der Waals surface area contributed by atoms with E-state index < -0.39 is 0 Å². The van der Waals surface area contributed by atoms with Gasteiger partial charge in [0.25, 0.3) is 0 Å². The van der Waals surface area contributed by atoms with Gasteiger partial charge >= 0.3 is 0 Å². The van der Waals surface area contributed by atoms with Gasteiger partial charge in [0.15, 0.2) is 0 Å². The first kappa shape index (κ1) is 12.2. The molecule has 17 heavy (non-hydrogen) atoms. The van der Waals surface area contributed by atoms with Crippen LogP contribution in [0.1, 0.15) is 16.7 Å². The third-order valence-electron chi connectivity index (χ3n) is 2.93. The Kier molecular flexibility index (Phi) is 3.85. The highest BCUT2D eigenvalue weighted by Crippen LogP contribution is 2.21. The average Bonchev–Trinajstić information content (AvgIpc) is 2.32. The number of halogens is 1. The van der Waals surface area contributed by atoms with Crippen LogP contribution in [0.4, 0.5) is 5.69 Å². The summed E-state index contributed by atoms with van der Waals surface area (Å²) in [6.45, 7) is 5.13. The Bertz CT molecular complexity index is 520. The van der Waals surface area contributed by atoms with Crippen LogP contribution in [0.3, 0.4) is 0 Å². The second-order valence-electron chi connectivity index (χ2n) is 4.24. The van der Waals surface area contributed by atoms with Crippen LogP contribution in [0.25, 0.3) is 0 Å². The van der Waals surface area contributed by atoms with E-state index in [4.69, 9.17) is 0 Å². The monoisotopic (exact) mass is 289 g/mol. The lowest BCUT2D eigenvalue weighted by molar-refractivity contribution is 1.11.